The lowest BCUT2D eigenvalue weighted by Crippen LogP contribution is -2.56. The summed E-state index contributed by atoms with van der Waals surface area (Å²) in [7, 11) is 1.68. The van der Waals surface area contributed by atoms with Crippen LogP contribution in [0.15, 0.2) is 53.3 Å². The molecule has 2 aromatic carbocycles. The molecule has 4 fully saturated rings. The normalized spacial score (nSPS) is 23.9. The van der Waals surface area contributed by atoms with E-state index in [2.05, 4.69) is 5.32 Å². The summed E-state index contributed by atoms with van der Waals surface area (Å²) in [6.07, 6.45) is 0.674. The van der Waals surface area contributed by atoms with Crippen LogP contribution in [0, 0.1) is 5.92 Å². The Bertz CT molecular complexity index is 2010. The average molecular weight is 759 g/mol. The maximum Gasteiger partial charge on any atom is 0.411 e. The van der Waals surface area contributed by atoms with Crippen LogP contribution in [0.5, 0.6) is 0 Å². The Morgan fingerprint density at radius 3 is 2.33 bits per heavy atom. The van der Waals surface area contributed by atoms with Crippen molar-refractivity contribution in [2.45, 2.75) is 89.2 Å². The SMILES string of the molecule is Cn1c(=O)n(C2CCC(=O)NC2=O)c2ccc(CC3CCN(C(=O)O[C@@H]4CCN(C(=O)OC(C)(C)C)[C@@H]4C(=O)N4CCO[C@H](c5ccccc5)C4)CC3)cc21. The van der Waals surface area contributed by atoms with Gasteiger partial charge >= 0.3 is 17.9 Å². The molecule has 15 heteroatoms. The van der Waals surface area contributed by atoms with Crippen LogP contribution < -0.4 is 11.0 Å². The number of nitrogens with one attached hydrogen (secondary N) is 1. The number of carbonyl (C=O) groups excluding carboxylic acids is 5. The Kier molecular flexibility index (Phi) is 10.8. The van der Waals surface area contributed by atoms with Gasteiger partial charge in [-0.3, -0.25) is 33.7 Å². The van der Waals surface area contributed by atoms with Crippen molar-refractivity contribution < 1.29 is 38.2 Å². The number of carbonyl (C=O) groups is 5. The molecule has 4 saturated heterocycles. The van der Waals surface area contributed by atoms with Crippen molar-refractivity contribution in [1.29, 1.82) is 0 Å². The van der Waals surface area contributed by atoms with E-state index in [0.717, 1.165) is 30.4 Å². The second-order valence-corrected chi connectivity index (χ2v) is 16.0. The first-order chi connectivity index (χ1) is 26.3. The van der Waals surface area contributed by atoms with Gasteiger partial charge in [0.1, 0.15) is 23.9 Å². The van der Waals surface area contributed by atoms with Gasteiger partial charge in [0.25, 0.3) is 0 Å². The number of hydrogen-bond acceptors (Lipinski definition) is 9. The van der Waals surface area contributed by atoms with Crippen molar-refractivity contribution in [1.82, 2.24) is 29.2 Å². The number of hydrogen-bond donors (Lipinski definition) is 1. The molecule has 5 amide bonds. The first-order valence-electron chi connectivity index (χ1n) is 19.2. The largest absolute Gasteiger partial charge is 0.444 e. The summed E-state index contributed by atoms with van der Waals surface area (Å²) in [5, 5.41) is 2.34. The Balaban J connectivity index is 0.991. The predicted molar refractivity (Wildman–Crippen MR) is 200 cm³/mol. The number of benzene rings is 2. The molecule has 1 N–H and O–H groups in total. The Hall–Kier alpha value is -5.18. The van der Waals surface area contributed by atoms with Crippen molar-refractivity contribution in [2.24, 2.45) is 13.0 Å². The number of morpholine rings is 1. The van der Waals surface area contributed by atoms with E-state index in [-0.39, 0.29) is 48.9 Å². The molecule has 294 valence electrons. The molecular weight excluding hydrogens is 708 g/mol. The van der Waals surface area contributed by atoms with Crippen LogP contribution in [0.2, 0.25) is 0 Å². The average Bonchev–Trinajstić information content (AvgIpc) is 3.69. The predicted octanol–water partition coefficient (Wildman–Crippen LogP) is 3.69. The minimum atomic E-state index is -1.03. The Morgan fingerprint density at radius 2 is 1.62 bits per heavy atom. The summed E-state index contributed by atoms with van der Waals surface area (Å²) >= 11 is 0. The van der Waals surface area contributed by atoms with Crippen LogP contribution in [0.4, 0.5) is 9.59 Å². The topological polar surface area (TPSA) is 162 Å². The Morgan fingerprint density at radius 1 is 0.873 bits per heavy atom. The zero-order valence-corrected chi connectivity index (χ0v) is 31.9. The maximum absolute atomic E-state index is 14.2. The van der Waals surface area contributed by atoms with Crippen molar-refractivity contribution in [3.05, 3.63) is 70.1 Å². The van der Waals surface area contributed by atoms with Crippen LogP contribution >= 0.6 is 0 Å². The number of piperidine rings is 2. The number of imide groups is 1. The molecule has 0 bridgehead atoms. The van der Waals surface area contributed by atoms with E-state index in [0.29, 0.717) is 50.2 Å². The molecule has 5 heterocycles. The van der Waals surface area contributed by atoms with Gasteiger partial charge in [-0.25, -0.2) is 14.4 Å². The van der Waals surface area contributed by atoms with Crippen LogP contribution in [0.25, 0.3) is 11.0 Å². The van der Waals surface area contributed by atoms with Crippen LogP contribution in [0.3, 0.4) is 0 Å². The second kappa shape index (κ2) is 15.5. The molecule has 4 atom stereocenters. The summed E-state index contributed by atoms with van der Waals surface area (Å²) in [5.74, 6) is -0.825. The van der Waals surface area contributed by atoms with E-state index < -0.39 is 41.9 Å². The van der Waals surface area contributed by atoms with Gasteiger partial charge in [-0.15, -0.1) is 0 Å². The van der Waals surface area contributed by atoms with Crippen molar-refractivity contribution in [3.63, 3.8) is 0 Å². The number of aromatic nitrogens is 2. The van der Waals surface area contributed by atoms with E-state index in [4.69, 9.17) is 14.2 Å². The lowest BCUT2D eigenvalue weighted by atomic mass is 9.90. The molecule has 4 aliphatic heterocycles. The number of amides is 5. The van der Waals surface area contributed by atoms with E-state index in [1.54, 1.807) is 37.6 Å². The number of ether oxygens (including phenoxy) is 3. The third-order valence-electron chi connectivity index (χ3n) is 11.1. The highest BCUT2D eigenvalue weighted by Gasteiger charge is 2.48. The lowest BCUT2D eigenvalue weighted by Gasteiger charge is -2.38. The molecule has 3 aromatic rings. The molecule has 0 aliphatic carbocycles. The highest BCUT2D eigenvalue weighted by molar-refractivity contribution is 6.00. The lowest BCUT2D eigenvalue weighted by molar-refractivity contribution is -0.146. The van der Waals surface area contributed by atoms with Gasteiger partial charge < -0.3 is 24.0 Å². The number of rotatable bonds is 6. The van der Waals surface area contributed by atoms with Crippen LogP contribution in [-0.4, -0.2) is 111 Å². The number of nitrogens with zero attached hydrogens (tertiary/aromatic N) is 5. The monoisotopic (exact) mass is 758 g/mol. The van der Waals surface area contributed by atoms with Crippen molar-refractivity contribution in [3.8, 4) is 0 Å². The third kappa shape index (κ3) is 8.12. The highest BCUT2D eigenvalue weighted by Crippen LogP contribution is 2.31. The first-order valence-corrected chi connectivity index (χ1v) is 19.2. The van der Waals surface area contributed by atoms with Crippen LogP contribution in [-0.2, 0) is 42.1 Å². The number of imidazole rings is 1. The van der Waals surface area contributed by atoms with Gasteiger partial charge in [0.15, 0.2) is 6.04 Å². The number of aryl methyl sites for hydroxylation is 1. The minimum absolute atomic E-state index is 0.178. The molecular formula is C40H50N6O9. The summed E-state index contributed by atoms with van der Waals surface area (Å²) in [4.78, 5) is 83.5. The molecule has 0 saturated carbocycles. The van der Waals surface area contributed by atoms with Crippen molar-refractivity contribution >= 4 is 40.9 Å². The number of fused-ring (bicyclic) bond motifs is 1. The smallest absolute Gasteiger partial charge is 0.411 e. The van der Waals surface area contributed by atoms with E-state index >= 15 is 0 Å². The van der Waals surface area contributed by atoms with E-state index in [1.165, 1.54) is 14.0 Å². The fourth-order valence-electron chi connectivity index (χ4n) is 8.23. The summed E-state index contributed by atoms with van der Waals surface area (Å²) in [6, 6.07) is 13.7. The Labute approximate surface area is 319 Å². The fraction of sp³-hybridized carbons (Fsp3) is 0.550. The molecule has 1 unspecified atom stereocenters. The molecule has 0 spiro atoms. The fourth-order valence-corrected chi connectivity index (χ4v) is 8.23. The van der Waals surface area contributed by atoms with E-state index in [9.17, 15) is 28.8 Å². The molecule has 4 aliphatic rings. The summed E-state index contributed by atoms with van der Waals surface area (Å²) in [5.41, 5.74) is 2.26. The molecule has 1 aromatic heterocycles. The van der Waals surface area contributed by atoms with E-state index in [1.807, 2.05) is 48.5 Å². The summed E-state index contributed by atoms with van der Waals surface area (Å²) < 4.78 is 20.7. The molecule has 7 rings (SSSR count). The van der Waals surface area contributed by atoms with Gasteiger partial charge in [-0.2, -0.15) is 0 Å². The second-order valence-electron chi connectivity index (χ2n) is 16.0. The van der Waals surface area contributed by atoms with Gasteiger partial charge in [0.05, 0.1) is 24.2 Å². The zero-order valence-electron chi connectivity index (χ0n) is 31.9. The highest BCUT2D eigenvalue weighted by atomic mass is 16.6. The molecule has 55 heavy (non-hydrogen) atoms. The van der Waals surface area contributed by atoms with Crippen molar-refractivity contribution in [2.75, 3.05) is 39.3 Å². The standard InChI is InChI=1S/C40H50N6O9/c1-40(2,3)55-39(52)45-19-16-31(34(45)36(49)44-20-21-53-32(24-44)27-8-6-5-7-9-27)54-38(51)43-17-14-25(15-18-43)22-26-10-11-28-30(23-26)42(4)37(50)46(28)29-12-13-33(47)41-35(29)48/h5-11,23,25,29,31-32,34H,12-22,24H2,1-4H3,(H,41,47,48)/t29?,31-,32+,34+/m1/s1. The quantitative estimate of drug-likeness (QED) is 0.370. The van der Waals surface area contributed by atoms with Gasteiger partial charge in [0.2, 0.25) is 17.7 Å². The molecule has 0 radical (unpaired) electrons. The molecule has 15 nitrogen and oxygen atoms in total. The summed E-state index contributed by atoms with van der Waals surface area (Å²) in [6.45, 7) is 7.47. The number of likely N-dealkylation sites (tertiary alicyclic amines) is 2. The minimum Gasteiger partial charge on any atom is -0.444 e. The zero-order chi connectivity index (χ0) is 39.0. The van der Waals surface area contributed by atoms with Gasteiger partial charge in [-0.1, -0.05) is 36.4 Å². The van der Waals surface area contributed by atoms with Crippen LogP contribution in [0.1, 0.15) is 76.1 Å². The first kappa shape index (κ1) is 38.1. The third-order valence-corrected chi connectivity index (χ3v) is 11.1. The maximum atomic E-state index is 14.2. The van der Waals surface area contributed by atoms with Gasteiger partial charge in [-0.05, 0) is 75.6 Å². The van der Waals surface area contributed by atoms with Gasteiger partial charge in [0, 0.05) is 46.1 Å².